The number of aromatic nitrogens is 1. The molecule has 0 bridgehead atoms. The Hall–Kier alpha value is -2.28. The first-order chi connectivity index (χ1) is 10.9. The number of hydrogen-bond acceptors (Lipinski definition) is 3. The van der Waals surface area contributed by atoms with Gasteiger partial charge in [-0.15, -0.1) is 0 Å². The zero-order valence-corrected chi connectivity index (χ0v) is 12.6. The number of carbonyl (C=O) groups excluding carboxylic acids is 1. The van der Waals surface area contributed by atoms with Gasteiger partial charge in [-0.2, -0.15) is 13.2 Å². The summed E-state index contributed by atoms with van der Waals surface area (Å²) in [5, 5.41) is 6.08. The molecule has 4 nitrogen and oxygen atoms in total. The number of rotatable bonds is 5. The molecule has 2 N–H and O–H groups in total. The summed E-state index contributed by atoms with van der Waals surface area (Å²) in [6.45, 7) is 0.703. The van der Waals surface area contributed by atoms with Crippen molar-refractivity contribution in [2.75, 3.05) is 18.4 Å². The second kappa shape index (κ2) is 7.32. The van der Waals surface area contributed by atoms with Crippen LogP contribution in [0, 0.1) is 0 Å². The minimum atomic E-state index is -4.41. The van der Waals surface area contributed by atoms with E-state index in [1.807, 2.05) is 0 Å². The van der Waals surface area contributed by atoms with Gasteiger partial charge in [-0.1, -0.05) is 11.6 Å². The number of carbonyl (C=O) groups is 1. The van der Waals surface area contributed by atoms with Crippen LogP contribution in [0.25, 0.3) is 0 Å². The maximum atomic E-state index is 12.4. The van der Waals surface area contributed by atoms with Crippen LogP contribution in [-0.4, -0.2) is 24.0 Å². The molecule has 23 heavy (non-hydrogen) atoms. The van der Waals surface area contributed by atoms with Crippen LogP contribution in [0.5, 0.6) is 0 Å². The number of amides is 1. The number of hydrogen-bond donors (Lipinski definition) is 2. The normalized spacial score (nSPS) is 11.1. The Bertz CT molecular complexity index is 674. The van der Waals surface area contributed by atoms with Crippen molar-refractivity contribution in [2.24, 2.45) is 0 Å². The number of pyridine rings is 1. The van der Waals surface area contributed by atoms with Gasteiger partial charge in [-0.05, 0) is 30.3 Å². The van der Waals surface area contributed by atoms with E-state index in [2.05, 4.69) is 15.6 Å². The van der Waals surface area contributed by atoms with Gasteiger partial charge in [0, 0.05) is 31.0 Å². The number of benzene rings is 1. The smallest absolute Gasteiger partial charge is 0.382 e. The quantitative estimate of drug-likeness (QED) is 0.816. The Morgan fingerprint density at radius 2 is 1.83 bits per heavy atom. The second-order valence-corrected chi connectivity index (χ2v) is 5.02. The molecule has 1 aromatic heterocycles. The lowest BCUT2D eigenvalue weighted by Gasteiger charge is -2.10. The molecule has 122 valence electrons. The Morgan fingerprint density at radius 1 is 1.13 bits per heavy atom. The first-order valence-corrected chi connectivity index (χ1v) is 7.04. The maximum Gasteiger partial charge on any atom is 0.416 e. The molecule has 0 aliphatic heterocycles. The van der Waals surface area contributed by atoms with Gasteiger partial charge in [-0.25, -0.2) is 0 Å². The summed E-state index contributed by atoms with van der Waals surface area (Å²) in [7, 11) is 0. The lowest BCUT2D eigenvalue weighted by Crippen LogP contribution is -2.28. The Morgan fingerprint density at radius 3 is 2.43 bits per heavy atom. The fraction of sp³-hybridized carbons (Fsp3) is 0.200. The third-order valence-electron chi connectivity index (χ3n) is 2.97. The van der Waals surface area contributed by atoms with Crippen LogP contribution in [0.1, 0.15) is 15.9 Å². The number of alkyl halides is 3. The lowest BCUT2D eigenvalue weighted by molar-refractivity contribution is -0.137. The molecule has 8 heteroatoms. The highest BCUT2D eigenvalue weighted by Crippen LogP contribution is 2.29. The van der Waals surface area contributed by atoms with Crippen molar-refractivity contribution in [3.63, 3.8) is 0 Å². The fourth-order valence-corrected chi connectivity index (χ4v) is 1.99. The van der Waals surface area contributed by atoms with E-state index in [9.17, 15) is 18.0 Å². The summed E-state index contributed by atoms with van der Waals surface area (Å²) >= 11 is 5.91. The Labute approximate surface area is 135 Å². The topological polar surface area (TPSA) is 54.0 Å². The van der Waals surface area contributed by atoms with E-state index in [4.69, 9.17) is 11.6 Å². The van der Waals surface area contributed by atoms with Gasteiger partial charge in [-0.3, -0.25) is 9.78 Å². The zero-order valence-electron chi connectivity index (χ0n) is 11.8. The molecule has 0 fully saturated rings. The molecule has 0 saturated carbocycles. The number of nitrogens with zero attached hydrogens (tertiary/aromatic N) is 1. The molecule has 2 aromatic rings. The van der Waals surface area contributed by atoms with Crippen molar-refractivity contribution in [3.8, 4) is 0 Å². The maximum absolute atomic E-state index is 12.4. The molecule has 2 rings (SSSR count). The van der Waals surface area contributed by atoms with E-state index >= 15 is 0 Å². The SMILES string of the molecule is O=C(NCCNc1ccncc1Cl)c1ccc(C(F)(F)F)cc1. The standard InChI is InChI=1S/C15H13ClF3N3O/c16-12-9-20-6-5-13(12)21-7-8-22-14(23)10-1-3-11(4-2-10)15(17,18)19/h1-6,9H,7-8H2,(H,20,21)(H,22,23). The molecule has 1 aromatic carbocycles. The van der Waals surface area contributed by atoms with Crippen LogP contribution >= 0.6 is 11.6 Å². The number of anilines is 1. The zero-order chi connectivity index (χ0) is 16.9. The molecule has 0 unspecified atom stereocenters. The summed E-state index contributed by atoms with van der Waals surface area (Å²) in [6.07, 6.45) is -1.34. The molecule has 0 aliphatic rings. The van der Waals surface area contributed by atoms with Crippen molar-refractivity contribution in [3.05, 3.63) is 58.9 Å². The van der Waals surface area contributed by atoms with Crippen LogP contribution in [0.4, 0.5) is 18.9 Å². The molecule has 1 amide bonds. The molecule has 0 radical (unpaired) electrons. The van der Waals surface area contributed by atoms with E-state index in [1.54, 1.807) is 12.3 Å². The molecular weight excluding hydrogens is 331 g/mol. The number of nitrogens with one attached hydrogen (secondary N) is 2. The van der Waals surface area contributed by atoms with E-state index in [-0.39, 0.29) is 5.56 Å². The average Bonchev–Trinajstić information content (AvgIpc) is 2.52. The molecule has 0 spiro atoms. The minimum Gasteiger partial charge on any atom is -0.382 e. The van der Waals surface area contributed by atoms with Gasteiger partial charge < -0.3 is 10.6 Å². The van der Waals surface area contributed by atoms with Crippen molar-refractivity contribution < 1.29 is 18.0 Å². The highest BCUT2D eigenvalue weighted by molar-refractivity contribution is 6.33. The van der Waals surface area contributed by atoms with Crippen molar-refractivity contribution in [2.45, 2.75) is 6.18 Å². The van der Waals surface area contributed by atoms with E-state index in [0.717, 1.165) is 24.3 Å². The van der Waals surface area contributed by atoms with Crippen molar-refractivity contribution in [1.82, 2.24) is 10.3 Å². The minimum absolute atomic E-state index is 0.167. The summed E-state index contributed by atoms with van der Waals surface area (Å²) in [5.74, 6) is -0.443. The van der Waals surface area contributed by atoms with Gasteiger partial charge in [0.05, 0.1) is 16.3 Å². The van der Waals surface area contributed by atoms with Crippen molar-refractivity contribution >= 4 is 23.2 Å². The van der Waals surface area contributed by atoms with E-state index < -0.39 is 17.6 Å². The van der Waals surface area contributed by atoms with Crippen LogP contribution in [0.3, 0.4) is 0 Å². The number of halogens is 4. The monoisotopic (exact) mass is 343 g/mol. The average molecular weight is 344 g/mol. The van der Waals surface area contributed by atoms with Crippen LogP contribution in [0.2, 0.25) is 5.02 Å². The molecular formula is C15H13ClF3N3O. The first kappa shape index (κ1) is 17.1. The first-order valence-electron chi connectivity index (χ1n) is 6.67. The van der Waals surface area contributed by atoms with Gasteiger partial charge in [0.15, 0.2) is 0 Å². The second-order valence-electron chi connectivity index (χ2n) is 4.61. The third-order valence-corrected chi connectivity index (χ3v) is 3.27. The summed E-state index contributed by atoms with van der Waals surface area (Å²) in [4.78, 5) is 15.7. The molecule has 1 heterocycles. The third kappa shape index (κ3) is 4.85. The predicted octanol–water partition coefficient (Wildman–Crippen LogP) is 3.60. The molecule has 0 atom stereocenters. The van der Waals surface area contributed by atoms with Gasteiger partial charge >= 0.3 is 6.18 Å². The highest BCUT2D eigenvalue weighted by atomic mass is 35.5. The Kier molecular flexibility index (Phi) is 5.44. The van der Waals surface area contributed by atoms with Gasteiger partial charge in [0.2, 0.25) is 0 Å². The van der Waals surface area contributed by atoms with Crippen LogP contribution in [-0.2, 0) is 6.18 Å². The van der Waals surface area contributed by atoms with Gasteiger partial charge in [0.25, 0.3) is 5.91 Å². The van der Waals surface area contributed by atoms with E-state index in [1.165, 1.54) is 6.20 Å². The van der Waals surface area contributed by atoms with Crippen LogP contribution in [0.15, 0.2) is 42.7 Å². The highest BCUT2D eigenvalue weighted by Gasteiger charge is 2.30. The molecule has 0 aliphatic carbocycles. The predicted molar refractivity (Wildman–Crippen MR) is 81.5 cm³/mol. The van der Waals surface area contributed by atoms with Gasteiger partial charge in [0.1, 0.15) is 0 Å². The Balaban J connectivity index is 1.82. The summed E-state index contributed by atoms with van der Waals surface area (Å²) in [5.41, 5.74) is 0.0634. The van der Waals surface area contributed by atoms with Crippen LogP contribution < -0.4 is 10.6 Å². The summed E-state index contributed by atoms with van der Waals surface area (Å²) in [6, 6.07) is 5.74. The molecule has 0 saturated heterocycles. The van der Waals surface area contributed by atoms with Crippen molar-refractivity contribution in [1.29, 1.82) is 0 Å². The van der Waals surface area contributed by atoms with E-state index in [0.29, 0.717) is 23.8 Å². The summed E-state index contributed by atoms with van der Waals surface area (Å²) < 4.78 is 37.3. The largest absolute Gasteiger partial charge is 0.416 e. The lowest BCUT2D eigenvalue weighted by atomic mass is 10.1. The fourth-order valence-electron chi connectivity index (χ4n) is 1.80.